The van der Waals surface area contributed by atoms with Gasteiger partial charge < -0.3 is 10.0 Å². The molecule has 1 N–H and O–H groups in total. The van der Waals surface area contributed by atoms with Crippen LogP contribution in [0.4, 0.5) is 0 Å². The highest BCUT2D eigenvalue weighted by atomic mass is 33.1. The Morgan fingerprint density at radius 3 is 2.38 bits per heavy atom. The van der Waals surface area contributed by atoms with Gasteiger partial charge in [0.25, 0.3) is 0 Å². The number of carboxylic acid groups (broad SMARTS) is 1. The van der Waals surface area contributed by atoms with Crippen LogP contribution in [0.5, 0.6) is 0 Å². The number of amides is 1. The third-order valence-electron chi connectivity index (χ3n) is 2.36. The van der Waals surface area contributed by atoms with E-state index in [4.69, 9.17) is 5.11 Å². The number of nitrogens with zero attached hydrogens (tertiary/aromatic N) is 1. The molecule has 0 fully saturated rings. The monoisotopic (exact) mass is 265 g/mol. The molecule has 4 nitrogen and oxygen atoms in total. The highest BCUT2D eigenvalue weighted by Crippen LogP contribution is 2.26. The standard InChI is InChI=1S/C10H19NO3S2/c1-7(16-15-4)5-6-9(12)11(3)8(2)10(13)14/h7-8H,5-6H2,1-4H3,(H,13,14). The van der Waals surface area contributed by atoms with E-state index in [1.54, 1.807) is 21.6 Å². The molecule has 94 valence electrons. The van der Waals surface area contributed by atoms with Gasteiger partial charge in [-0.2, -0.15) is 0 Å². The zero-order valence-corrected chi connectivity index (χ0v) is 11.7. The number of aliphatic carboxylic acids is 1. The second-order valence-corrected chi connectivity index (χ2v) is 6.54. The van der Waals surface area contributed by atoms with Crippen molar-refractivity contribution in [3.63, 3.8) is 0 Å². The summed E-state index contributed by atoms with van der Waals surface area (Å²) in [5.41, 5.74) is 0. The molecule has 0 saturated carbocycles. The molecule has 0 aliphatic rings. The minimum absolute atomic E-state index is 0.108. The van der Waals surface area contributed by atoms with Gasteiger partial charge >= 0.3 is 5.97 Å². The predicted molar refractivity (Wildman–Crippen MR) is 69.7 cm³/mol. The van der Waals surface area contributed by atoms with Crippen molar-refractivity contribution in [2.45, 2.75) is 38.0 Å². The van der Waals surface area contributed by atoms with Crippen LogP contribution in [0.15, 0.2) is 0 Å². The molecule has 0 heterocycles. The Labute approximate surface area is 105 Å². The fraction of sp³-hybridized carbons (Fsp3) is 0.800. The van der Waals surface area contributed by atoms with Gasteiger partial charge in [-0.05, 0) is 19.6 Å². The summed E-state index contributed by atoms with van der Waals surface area (Å²) >= 11 is 0. The molecule has 6 heteroatoms. The van der Waals surface area contributed by atoms with Crippen LogP contribution in [-0.4, -0.2) is 46.5 Å². The van der Waals surface area contributed by atoms with Gasteiger partial charge in [0.15, 0.2) is 0 Å². The second kappa shape index (κ2) is 7.84. The quantitative estimate of drug-likeness (QED) is 0.714. The zero-order chi connectivity index (χ0) is 12.7. The summed E-state index contributed by atoms with van der Waals surface area (Å²) in [5.74, 6) is -1.08. The molecule has 16 heavy (non-hydrogen) atoms. The lowest BCUT2D eigenvalue weighted by atomic mass is 10.2. The minimum atomic E-state index is -0.970. The summed E-state index contributed by atoms with van der Waals surface area (Å²) in [6.07, 6.45) is 3.19. The van der Waals surface area contributed by atoms with Crippen LogP contribution in [0.1, 0.15) is 26.7 Å². The van der Waals surface area contributed by atoms with Crippen molar-refractivity contribution in [3.8, 4) is 0 Å². The number of carboxylic acids is 1. The molecule has 0 aliphatic heterocycles. The fourth-order valence-corrected chi connectivity index (χ4v) is 2.91. The van der Waals surface area contributed by atoms with Gasteiger partial charge in [-0.15, -0.1) is 0 Å². The second-order valence-electron chi connectivity index (χ2n) is 3.63. The molecular formula is C10H19NO3S2. The van der Waals surface area contributed by atoms with Crippen LogP contribution < -0.4 is 0 Å². The van der Waals surface area contributed by atoms with Crippen LogP contribution in [0.2, 0.25) is 0 Å². The number of hydrogen-bond donors (Lipinski definition) is 1. The number of carbonyl (C=O) groups is 2. The van der Waals surface area contributed by atoms with E-state index in [0.717, 1.165) is 6.42 Å². The van der Waals surface area contributed by atoms with Crippen molar-refractivity contribution in [2.24, 2.45) is 0 Å². The van der Waals surface area contributed by atoms with Gasteiger partial charge in [0.1, 0.15) is 6.04 Å². The van der Waals surface area contributed by atoms with E-state index in [1.165, 1.54) is 18.9 Å². The van der Waals surface area contributed by atoms with Crippen molar-refractivity contribution >= 4 is 33.5 Å². The van der Waals surface area contributed by atoms with E-state index in [9.17, 15) is 9.59 Å². The van der Waals surface area contributed by atoms with Crippen LogP contribution in [0.25, 0.3) is 0 Å². The maximum absolute atomic E-state index is 11.6. The van der Waals surface area contributed by atoms with Crippen LogP contribution in [0, 0.1) is 0 Å². The molecule has 0 spiro atoms. The molecule has 2 unspecified atom stereocenters. The van der Waals surface area contributed by atoms with E-state index < -0.39 is 12.0 Å². The smallest absolute Gasteiger partial charge is 0.326 e. The van der Waals surface area contributed by atoms with Crippen molar-refractivity contribution in [3.05, 3.63) is 0 Å². The Balaban J connectivity index is 4.01. The van der Waals surface area contributed by atoms with Crippen LogP contribution in [-0.2, 0) is 9.59 Å². The molecule has 0 radical (unpaired) electrons. The molecule has 0 aromatic heterocycles. The summed E-state index contributed by atoms with van der Waals surface area (Å²) in [5, 5.41) is 9.17. The van der Waals surface area contributed by atoms with Gasteiger partial charge in [-0.25, -0.2) is 4.79 Å². The molecule has 0 bridgehead atoms. The molecular weight excluding hydrogens is 246 g/mol. The van der Waals surface area contributed by atoms with E-state index in [2.05, 4.69) is 6.92 Å². The maximum Gasteiger partial charge on any atom is 0.326 e. The Bertz CT molecular complexity index is 248. The molecule has 0 aromatic carbocycles. The fourth-order valence-electron chi connectivity index (χ4n) is 1.10. The van der Waals surface area contributed by atoms with Gasteiger partial charge in [0, 0.05) is 18.7 Å². The SMILES string of the molecule is CSSC(C)CCC(=O)N(C)C(C)C(=O)O. The Morgan fingerprint density at radius 2 is 1.94 bits per heavy atom. The van der Waals surface area contributed by atoms with Gasteiger partial charge in [0.05, 0.1) is 0 Å². The molecule has 0 aromatic rings. The lowest BCUT2D eigenvalue weighted by Gasteiger charge is -2.22. The highest BCUT2D eigenvalue weighted by molar-refractivity contribution is 8.76. The topological polar surface area (TPSA) is 57.6 Å². The first-order valence-electron chi connectivity index (χ1n) is 5.08. The first-order chi connectivity index (χ1) is 7.40. The van der Waals surface area contributed by atoms with E-state index >= 15 is 0 Å². The summed E-state index contributed by atoms with van der Waals surface area (Å²) in [6.45, 7) is 3.58. The molecule has 0 aliphatic carbocycles. The maximum atomic E-state index is 11.6. The summed E-state index contributed by atoms with van der Waals surface area (Å²) in [6, 6.07) is -0.754. The summed E-state index contributed by atoms with van der Waals surface area (Å²) < 4.78 is 0. The number of likely N-dealkylation sites (N-methyl/N-ethyl adjacent to an activating group) is 1. The van der Waals surface area contributed by atoms with Crippen molar-refractivity contribution in [1.82, 2.24) is 4.90 Å². The summed E-state index contributed by atoms with van der Waals surface area (Å²) in [4.78, 5) is 23.6. The number of carbonyl (C=O) groups excluding carboxylic acids is 1. The third-order valence-corrected chi connectivity index (χ3v) is 4.68. The molecule has 0 rings (SSSR count). The molecule has 2 atom stereocenters. The average Bonchev–Trinajstić information content (AvgIpc) is 2.24. The van der Waals surface area contributed by atoms with Crippen LogP contribution in [0.3, 0.4) is 0 Å². The van der Waals surface area contributed by atoms with Crippen molar-refractivity contribution in [2.75, 3.05) is 13.3 Å². The third kappa shape index (κ3) is 5.65. The number of hydrogen-bond acceptors (Lipinski definition) is 4. The average molecular weight is 265 g/mol. The number of rotatable bonds is 7. The zero-order valence-electron chi connectivity index (χ0n) is 10.1. The lowest BCUT2D eigenvalue weighted by Crippen LogP contribution is -2.40. The van der Waals surface area contributed by atoms with E-state index in [1.807, 2.05) is 6.26 Å². The Kier molecular flexibility index (Phi) is 7.66. The Hall–Kier alpha value is -0.360. The van der Waals surface area contributed by atoms with Crippen molar-refractivity contribution in [1.29, 1.82) is 0 Å². The first kappa shape index (κ1) is 15.6. The highest BCUT2D eigenvalue weighted by Gasteiger charge is 2.21. The molecule has 0 saturated heterocycles. The van der Waals surface area contributed by atoms with Crippen LogP contribution >= 0.6 is 21.6 Å². The molecule has 1 amide bonds. The predicted octanol–water partition coefficient (Wildman–Crippen LogP) is 2.10. The largest absolute Gasteiger partial charge is 0.480 e. The van der Waals surface area contributed by atoms with Gasteiger partial charge in [-0.1, -0.05) is 28.5 Å². The lowest BCUT2D eigenvalue weighted by molar-refractivity contribution is -0.148. The Morgan fingerprint density at radius 1 is 1.38 bits per heavy atom. The van der Waals surface area contributed by atoms with E-state index in [-0.39, 0.29) is 5.91 Å². The van der Waals surface area contributed by atoms with Gasteiger partial charge in [0.2, 0.25) is 5.91 Å². The van der Waals surface area contributed by atoms with E-state index in [0.29, 0.717) is 11.7 Å². The summed E-state index contributed by atoms with van der Waals surface area (Å²) in [7, 11) is 4.94. The normalized spacial score (nSPS) is 14.2. The van der Waals surface area contributed by atoms with Gasteiger partial charge in [-0.3, -0.25) is 4.79 Å². The minimum Gasteiger partial charge on any atom is -0.480 e. The first-order valence-corrected chi connectivity index (χ1v) is 7.70. The van der Waals surface area contributed by atoms with Crippen molar-refractivity contribution < 1.29 is 14.7 Å².